The summed E-state index contributed by atoms with van der Waals surface area (Å²) in [4.78, 5) is 101. The van der Waals surface area contributed by atoms with Crippen LogP contribution in [-0.4, -0.2) is 109 Å². The van der Waals surface area contributed by atoms with Gasteiger partial charge in [0.15, 0.2) is 0 Å². The maximum Gasteiger partial charge on any atom is 0.253 e. The van der Waals surface area contributed by atoms with E-state index >= 15 is 0 Å². The fourth-order valence-electron chi connectivity index (χ4n) is 2.80. The van der Waals surface area contributed by atoms with E-state index in [0.29, 0.717) is 4.90 Å². The molecular weight excluding hydrogens is 1260 g/mol. The molecule has 0 saturated carbocycles. The van der Waals surface area contributed by atoms with Crippen molar-refractivity contribution < 1.29 is 141 Å². The van der Waals surface area contributed by atoms with Gasteiger partial charge in [-0.2, -0.15) is 0 Å². The first kappa shape index (κ1) is 50.8. The molecule has 3 unspecified atom stereocenters. The van der Waals surface area contributed by atoms with E-state index in [0.717, 1.165) is 46.3 Å². The number of hydrogen-bond acceptors (Lipinski definition) is 9. The molecule has 3 heterocycles. The van der Waals surface area contributed by atoms with E-state index in [2.05, 4.69) is 0 Å². The standard InChI is InChI=1S/2C8H8BNO3.C7H6BNO3.4CH4.3U/c1-5(11)6(9)4-10-7(12)2-3-8(10)13;1-5(11)4-6(9)10-7(12)2-3-8(10)13;1-4(10)7(8)9-5(11)2-3-6(9)12;;;;;;;/h2*2-3,6H,4H2,1H3;2-3,7H,1H3;4*1H4;;;/i3*1D;;;;;;;. The quantitative estimate of drug-likeness (QED) is 0.247. The third kappa shape index (κ3) is 18.8. The smallest absolute Gasteiger partial charge is 0.253 e. The molecule has 0 aromatic carbocycles. The molecule has 0 bridgehead atoms. The third-order valence-electron chi connectivity index (χ3n) is 4.76. The van der Waals surface area contributed by atoms with Gasteiger partial charge in [-0.25, -0.2) is 0 Å². The molecule has 0 aromatic heterocycles. The monoisotopic (exact) mass is 1300 g/mol. The summed E-state index contributed by atoms with van der Waals surface area (Å²) in [6.45, 7) is -1.53. The van der Waals surface area contributed by atoms with Crippen LogP contribution in [0.25, 0.3) is 0 Å². The second-order valence-corrected chi connectivity index (χ2v) is 7.67. The molecule has 0 aliphatic carbocycles. The summed E-state index contributed by atoms with van der Waals surface area (Å²) in [5.41, 5.74) is 0. The maximum absolute atomic E-state index is 11.1. The van der Waals surface area contributed by atoms with Gasteiger partial charge in [-0.15, -0.1) is 0 Å². The molecule has 0 N–H and O–H groups in total. The number of ketones is 3. The Hall–Kier alpha value is -0.999. The van der Waals surface area contributed by atoms with E-state index in [9.17, 15) is 43.2 Å². The fourth-order valence-corrected chi connectivity index (χ4v) is 2.80. The normalized spacial score (nSPS) is 16.3. The van der Waals surface area contributed by atoms with Crippen LogP contribution in [0.4, 0.5) is 0 Å². The molecule has 0 spiro atoms. The minimum absolute atomic E-state index is 0. The Morgan fingerprint density at radius 3 is 1.33 bits per heavy atom. The van der Waals surface area contributed by atoms with Crippen molar-refractivity contribution in [2.24, 2.45) is 0 Å². The van der Waals surface area contributed by atoms with Crippen LogP contribution in [0.2, 0.25) is 5.82 Å². The van der Waals surface area contributed by atoms with E-state index in [-0.39, 0.29) is 136 Å². The molecule has 236 valence electrons. The van der Waals surface area contributed by atoms with Crippen molar-refractivity contribution in [1.29, 1.82) is 0 Å². The van der Waals surface area contributed by atoms with Gasteiger partial charge in [0.1, 0.15) is 33.0 Å². The van der Waals surface area contributed by atoms with Crippen molar-refractivity contribution in [2.75, 3.05) is 6.54 Å². The van der Waals surface area contributed by atoms with Gasteiger partial charge in [-0.1, -0.05) is 29.7 Å². The minimum atomic E-state index is -1.33. The number of rotatable bonds is 8. The molecule has 6 amide bonds. The van der Waals surface area contributed by atoms with Crippen LogP contribution in [0, 0.1) is 93.3 Å². The Morgan fingerprint density at radius 1 is 0.622 bits per heavy atom. The van der Waals surface area contributed by atoms with Gasteiger partial charge in [0.2, 0.25) is 0 Å². The first-order valence-corrected chi connectivity index (χ1v) is 10.6. The summed E-state index contributed by atoms with van der Waals surface area (Å²) in [5, 5.41) is 0. The van der Waals surface area contributed by atoms with Crippen LogP contribution < -0.4 is 0 Å². The van der Waals surface area contributed by atoms with Gasteiger partial charge in [0, 0.05) is 153 Å². The zero-order valence-corrected chi connectivity index (χ0v) is 34.0. The number of Topliss-reactive ketones (excluding diaryl/α,β-unsaturated/α-hetero) is 3. The summed E-state index contributed by atoms with van der Waals surface area (Å²) < 4.78 is 20.3. The van der Waals surface area contributed by atoms with Crippen LogP contribution in [0.1, 0.15) is 60.9 Å². The Kier molecular flexibility index (Phi) is 31.7. The molecule has 3 aliphatic heterocycles. The molecule has 0 fully saturated rings. The van der Waals surface area contributed by atoms with Crippen LogP contribution in [-0.2, 0) is 43.2 Å². The Morgan fingerprint density at radius 2 is 0.978 bits per heavy atom. The molecule has 12 nitrogen and oxygen atoms in total. The van der Waals surface area contributed by atoms with Crippen LogP contribution in [0.5, 0.6) is 0 Å². The van der Waals surface area contributed by atoms with E-state index < -0.39 is 91.2 Å². The van der Waals surface area contributed by atoms with Crippen molar-refractivity contribution in [3.05, 3.63) is 36.5 Å². The summed E-state index contributed by atoms with van der Waals surface area (Å²) >= 11 is 0. The van der Waals surface area contributed by atoms with Crippen LogP contribution >= 0.6 is 0 Å². The average Bonchev–Trinajstić information content (AvgIpc) is 3.58. The summed E-state index contributed by atoms with van der Waals surface area (Å²) in [6.07, 6.45) is 6.38. The molecule has 3 aliphatic rings. The Bertz CT molecular complexity index is 1190. The summed E-state index contributed by atoms with van der Waals surface area (Å²) in [6, 6.07) is 0. The van der Waals surface area contributed by atoms with E-state index in [1.165, 1.54) is 0 Å². The summed E-state index contributed by atoms with van der Waals surface area (Å²) in [7, 11) is 16.2. The maximum atomic E-state index is 11.1. The van der Waals surface area contributed by atoms with Crippen molar-refractivity contribution in [1.82, 2.24) is 14.7 Å². The Balaban J connectivity index is -0.0000000980. The van der Waals surface area contributed by atoms with Gasteiger partial charge < -0.3 is 4.79 Å². The van der Waals surface area contributed by atoms with Crippen molar-refractivity contribution in [3.63, 3.8) is 0 Å². The fraction of sp³-hybridized carbons (Fsp3) is 0.444. The van der Waals surface area contributed by atoms with Crippen LogP contribution in [0.15, 0.2) is 36.5 Å². The number of carbonyl (C=O) groups is 9. The van der Waals surface area contributed by atoms with E-state index in [4.69, 9.17) is 27.7 Å². The molecule has 3 rings (SSSR count). The molecule has 0 saturated heterocycles. The molecule has 6 radical (unpaired) electrons. The van der Waals surface area contributed by atoms with Crippen molar-refractivity contribution in [3.8, 4) is 0 Å². The van der Waals surface area contributed by atoms with Crippen LogP contribution in [0.3, 0.4) is 0 Å². The first-order valence-electron chi connectivity index (χ1n) is 12.7. The zero-order chi connectivity index (χ0) is 31.4. The minimum Gasteiger partial charge on any atom is -0.300 e. The van der Waals surface area contributed by atoms with E-state index in [1.807, 2.05) is 0 Å². The van der Waals surface area contributed by atoms with Crippen molar-refractivity contribution in [2.45, 2.75) is 74.5 Å². The number of nitrogens with zero attached hydrogens (tertiary/aromatic N) is 3. The molecule has 18 heteroatoms. The Labute approximate surface area is 345 Å². The van der Waals surface area contributed by atoms with Gasteiger partial charge in [0.25, 0.3) is 35.4 Å². The molecular formula is C27H38B3N3O9U3. The van der Waals surface area contributed by atoms with Gasteiger partial charge in [-0.3, -0.25) is 53.1 Å². The topological polar surface area (TPSA) is 163 Å². The SMILES string of the molecule is C.C.C.C.[2H]CC(=O)C([B])CN1C(=O)C=CC1=O.[2H]CC(=O)C([B])N1C(=O)C=CC1=O.[2H]CC(=O)CC([B])N1C(=O)C=CC1=O.[U].[U].[U]. The van der Waals surface area contributed by atoms with Gasteiger partial charge >= 0.3 is 0 Å². The zero-order valence-electron chi connectivity index (χ0n) is 24.5. The number of carbonyl (C=O) groups excluding carboxylic acids is 9. The summed E-state index contributed by atoms with van der Waals surface area (Å²) in [5.74, 6) is -7.98. The molecule has 45 heavy (non-hydrogen) atoms. The number of hydrogen-bond donors (Lipinski definition) is 0. The number of imide groups is 3. The average molecular weight is 1300 g/mol. The first-order chi connectivity index (χ1) is 19.2. The molecule has 0 aromatic rings. The van der Waals surface area contributed by atoms with Gasteiger partial charge in [-0.05, 0) is 26.5 Å². The molecule has 3 atom stereocenters. The van der Waals surface area contributed by atoms with Crippen molar-refractivity contribution >= 4 is 76.3 Å². The second-order valence-electron chi connectivity index (χ2n) is 7.67. The predicted molar refractivity (Wildman–Crippen MR) is 160 cm³/mol. The largest absolute Gasteiger partial charge is 0.300 e. The van der Waals surface area contributed by atoms with E-state index in [1.54, 1.807) is 0 Å². The third-order valence-corrected chi connectivity index (χ3v) is 4.76. The number of amides is 6. The second kappa shape index (κ2) is 28.1. The predicted octanol–water partition coefficient (Wildman–Crippen LogP) is 0.382. The van der Waals surface area contributed by atoms with Gasteiger partial charge in [0.05, 0.1) is 13.8 Å².